The summed E-state index contributed by atoms with van der Waals surface area (Å²) in [5.41, 5.74) is 3.66. The Morgan fingerprint density at radius 2 is 2.16 bits per heavy atom. The molecule has 102 valence electrons. The minimum absolute atomic E-state index is 0.173. The Morgan fingerprint density at radius 3 is 2.89 bits per heavy atom. The standard InChI is InChI=1S/C13H18ClN5/c1-8-9(2)16-12-7-10(17-19(12)13(8)14)11-5-3-4-6-18(11)15/h7,11H,3-6,15H2,1-2H3/t11-/m0/s1. The number of hydrazine groups is 1. The van der Waals surface area contributed by atoms with Crippen LogP contribution in [0.1, 0.15) is 42.3 Å². The zero-order valence-corrected chi connectivity index (χ0v) is 12.0. The van der Waals surface area contributed by atoms with Crippen LogP contribution in [0, 0.1) is 13.8 Å². The molecular formula is C13H18ClN5. The van der Waals surface area contributed by atoms with E-state index in [0.29, 0.717) is 5.15 Å². The number of nitrogens with two attached hydrogens (primary N) is 1. The lowest BCUT2D eigenvalue weighted by Crippen LogP contribution is -2.39. The van der Waals surface area contributed by atoms with Gasteiger partial charge >= 0.3 is 0 Å². The van der Waals surface area contributed by atoms with Crippen molar-refractivity contribution in [2.45, 2.75) is 39.2 Å². The van der Waals surface area contributed by atoms with Crippen LogP contribution in [0.5, 0.6) is 0 Å². The number of fused-ring (bicyclic) bond motifs is 1. The maximum atomic E-state index is 6.34. The summed E-state index contributed by atoms with van der Waals surface area (Å²) in [6, 6.07) is 2.17. The molecule has 1 aliphatic heterocycles. The van der Waals surface area contributed by atoms with E-state index in [4.69, 9.17) is 17.4 Å². The quantitative estimate of drug-likeness (QED) is 0.643. The topological polar surface area (TPSA) is 59.5 Å². The van der Waals surface area contributed by atoms with Gasteiger partial charge in [-0.2, -0.15) is 5.10 Å². The maximum absolute atomic E-state index is 6.34. The molecule has 2 aromatic rings. The molecule has 3 heterocycles. The van der Waals surface area contributed by atoms with Gasteiger partial charge in [0.05, 0.1) is 11.7 Å². The molecule has 2 aromatic heterocycles. The fourth-order valence-electron chi connectivity index (χ4n) is 2.61. The van der Waals surface area contributed by atoms with E-state index < -0.39 is 0 Å². The van der Waals surface area contributed by atoms with Crippen molar-refractivity contribution in [3.05, 3.63) is 28.2 Å². The van der Waals surface area contributed by atoms with E-state index in [0.717, 1.165) is 42.0 Å². The Morgan fingerprint density at radius 1 is 1.37 bits per heavy atom. The van der Waals surface area contributed by atoms with Crippen LogP contribution >= 0.6 is 11.6 Å². The van der Waals surface area contributed by atoms with Gasteiger partial charge in [-0.3, -0.25) is 5.84 Å². The van der Waals surface area contributed by atoms with Crippen LogP contribution in [0.3, 0.4) is 0 Å². The molecular weight excluding hydrogens is 262 g/mol. The second kappa shape index (κ2) is 4.74. The Bertz CT molecular complexity index is 621. The third-order valence-corrected chi connectivity index (χ3v) is 4.36. The monoisotopic (exact) mass is 279 g/mol. The average molecular weight is 280 g/mol. The van der Waals surface area contributed by atoms with E-state index in [1.165, 1.54) is 6.42 Å². The van der Waals surface area contributed by atoms with Crippen LogP contribution < -0.4 is 5.84 Å². The van der Waals surface area contributed by atoms with Gasteiger partial charge in [0, 0.05) is 23.9 Å². The summed E-state index contributed by atoms with van der Waals surface area (Å²) in [5.74, 6) is 6.06. The van der Waals surface area contributed by atoms with Gasteiger partial charge in [-0.1, -0.05) is 18.0 Å². The van der Waals surface area contributed by atoms with E-state index in [1.807, 2.05) is 24.9 Å². The first-order valence-electron chi connectivity index (χ1n) is 6.61. The fraction of sp³-hybridized carbons (Fsp3) is 0.538. The third-order valence-electron chi connectivity index (χ3n) is 3.92. The minimum Gasteiger partial charge on any atom is -0.268 e. The van der Waals surface area contributed by atoms with Crippen LogP contribution in [0.4, 0.5) is 0 Å². The summed E-state index contributed by atoms with van der Waals surface area (Å²) in [5, 5.41) is 7.10. The van der Waals surface area contributed by atoms with Gasteiger partial charge in [-0.05, 0) is 26.7 Å². The molecule has 5 nitrogen and oxygen atoms in total. The molecule has 0 radical (unpaired) electrons. The molecule has 0 unspecified atom stereocenters. The zero-order valence-electron chi connectivity index (χ0n) is 11.2. The Kier molecular flexibility index (Phi) is 3.20. The highest BCUT2D eigenvalue weighted by atomic mass is 35.5. The van der Waals surface area contributed by atoms with Gasteiger partial charge in [0.25, 0.3) is 0 Å². The van der Waals surface area contributed by atoms with Crippen LogP contribution in [0.2, 0.25) is 5.15 Å². The highest BCUT2D eigenvalue weighted by Crippen LogP contribution is 2.29. The predicted octanol–water partition coefficient (Wildman–Crippen LogP) is 2.40. The summed E-state index contributed by atoms with van der Waals surface area (Å²) >= 11 is 6.34. The highest BCUT2D eigenvalue weighted by Gasteiger charge is 2.24. The first-order chi connectivity index (χ1) is 9.08. The number of halogens is 1. The highest BCUT2D eigenvalue weighted by molar-refractivity contribution is 6.30. The Balaban J connectivity index is 2.09. The summed E-state index contributed by atoms with van der Waals surface area (Å²) in [6.45, 7) is 4.84. The number of rotatable bonds is 1. The van der Waals surface area contributed by atoms with E-state index in [2.05, 4.69) is 10.1 Å². The maximum Gasteiger partial charge on any atom is 0.157 e. The van der Waals surface area contributed by atoms with Crippen molar-refractivity contribution in [1.29, 1.82) is 0 Å². The second-order valence-electron chi connectivity index (χ2n) is 5.20. The molecule has 0 saturated carbocycles. The number of piperidine rings is 1. The molecule has 1 aliphatic rings. The van der Waals surface area contributed by atoms with Gasteiger partial charge in [-0.25, -0.2) is 14.5 Å². The van der Waals surface area contributed by atoms with Crippen molar-refractivity contribution >= 4 is 17.2 Å². The smallest absolute Gasteiger partial charge is 0.157 e. The Labute approximate surface area is 117 Å². The number of nitrogens with zero attached hydrogens (tertiary/aromatic N) is 4. The van der Waals surface area contributed by atoms with Gasteiger partial charge in [0.2, 0.25) is 0 Å². The molecule has 1 saturated heterocycles. The van der Waals surface area contributed by atoms with Crippen LogP contribution in [0.15, 0.2) is 6.07 Å². The summed E-state index contributed by atoms with van der Waals surface area (Å²) in [7, 11) is 0. The lowest BCUT2D eigenvalue weighted by atomic mass is 10.0. The summed E-state index contributed by atoms with van der Waals surface area (Å²) in [4.78, 5) is 4.53. The van der Waals surface area contributed by atoms with E-state index >= 15 is 0 Å². The van der Waals surface area contributed by atoms with Gasteiger partial charge < -0.3 is 0 Å². The normalized spacial score (nSPS) is 21.2. The molecule has 1 fully saturated rings. The van der Waals surface area contributed by atoms with Crippen LogP contribution in [0.25, 0.3) is 5.65 Å². The first-order valence-corrected chi connectivity index (χ1v) is 6.99. The predicted molar refractivity (Wildman–Crippen MR) is 75.0 cm³/mol. The van der Waals surface area contributed by atoms with Crippen molar-refractivity contribution in [1.82, 2.24) is 19.6 Å². The van der Waals surface area contributed by atoms with Crippen molar-refractivity contribution in [2.24, 2.45) is 5.84 Å². The number of hydrogen-bond acceptors (Lipinski definition) is 4. The number of aromatic nitrogens is 3. The Hall–Kier alpha value is -1.17. The largest absolute Gasteiger partial charge is 0.268 e. The second-order valence-corrected chi connectivity index (χ2v) is 5.56. The third kappa shape index (κ3) is 2.12. The molecule has 0 bridgehead atoms. The van der Waals surface area contributed by atoms with Crippen molar-refractivity contribution < 1.29 is 0 Å². The molecule has 3 rings (SSSR count). The molecule has 6 heteroatoms. The molecule has 0 aromatic carbocycles. The molecule has 1 atom stereocenters. The molecule has 0 spiro atoms. The minimum atomic E-state index is 0.173. The van der Waals surface area contributed by atoms with E-state index in [9.17, 15) is 0 Å². The lowest BCUT2D eigenvalue weighted by Gasteiger charge is -2.30. The molecule has 19 heavy (non-hydrogen) atoms. The first kappa shape index (κ1) is 12.8. The van der Waals surface area contributed by atoms with E-state index in [1.54, 1.807) is 4.52 Å². The lowest BCUT2D eigenvalue weighted by molar-refractivity contribution is 0.148. The number of hydrogen-bond donors (Lipinski definition) is 1. The van der Waals surface area contributed by atoms with E-state index in [-0.39, 0.29) is 6.04 Å². The molecule has 2 N–H and O–H groups in total. The van der Waals surface area contributed by atoms with Crippen molar-refractivity contribution in [2.75, 3.05) is 6.54 Å². The summed E-state index contributed by atoms with van der Waals surface area (Å²) in [6.07, 6.45) is 3.37. The van der Waals surface area contributed by atoms with Crippen LogP contribution in [-0.4, -0.2) is 26.2 Å². The number of aryl methyl sites for hydroxylation is 1. The zero-order chi connectivity index (χ0) is 13.6. The van der Waals surface area contributed by atoms with Crippen LogP contribution in [-0.2, 0) is 0 Å². The summed E-state index contributed by atoms with van der Waals surface area (Å²) < 4.78 is 1.71. The van der Waals surface area contributed by atoms with Gasteiger partial charge in [0.1, 0.15) is 5.15 Å². The molecule has 0 amide bonds. The van der Waals surface area contributed by atoms with Crippen molar-refractivity contribution in [3.8, 4) is 0 Å². The molecule has 0 aliphatic carbocycles. The fourth-order valence-corrected chi connectivity index (χ4v) is 2.87. The van der Waals surface area contributed by atoms with Gasteiger partial charge in [0.15, 0.2) is 5.65 Å². The SMILES string of the molecule is Cc1nc2cc([C@@H]3CCCCN3N)nn2c(Cl)c1C. The van der Waals surface area contributed by atoms with Gasteiger partial charge in [-0.15, -0.1) is 0 Å². The average Bonchev–Trinajstić information content (AvgIpc) is 2.80. The van der Waals surface area contributed by atoms with Crippen molar-refractivity contribution in [3.63, 3.8) is 0 Å².